The average Bonchev–Trinajstić information content (AvgIpc) is 2.16. The Morgan fingerprint density at radius 1 is 1.33 bits per heavy atom. The van der Waals surface area contributed by atoms with E-state index < -0.39 is 0 Å². The second-order valence-electron chi connectivity index (χ2n) is 4.48. The summed E-state index contributed by atoms with van der Waals surface area (Å²) in [6.07, 6.45) is 1.14. The van der Waals surface area contributed by atoms with Crippen LogP contribution in [0.1, 0.15) is 31.7 Å². The number of benzene rings is 1. The Kier molecular flexibility index (Phi) is 4.63. The largest absolute Gasteiger partial charge is 0.508 e. The molecule has 0 saturated heterocycles. The molecule has 0 amide bonds. The van der Waals surface area contributed by atoms with E-state index >= 15 is 0 Å². The van der Waals surface area contributed by atoms with E-state index in [2.05, 4.69) is 25.2 Å². The lowest BCUT2D eigenvalue weighted by atomic mass is 9.90. The molecule has 0 aliphatic heterocycles. The van der Waals surface area contributed by atoms with Crippen molar-refractivity contribution in [1.29, 1.82) is 0 Å². The third-order valence-corrected chi connectivity index (χ3v) is 2.55. The first-order valence-corrected chi connectivity index (χ1v) is 5.57. The monoisotopic (exact) mass is 207 g/mol. The Hall–Kier alpha value is -1.02. The van der Waals surface area contributed by atoms with Crippen LogP contribution in [0.15, 0.2) is 24.3 Å². The molecule has 1 atom stereocenters. The number of aromatic hydroxyl groups is 1. The van der Waals surface area contributed by atoms with E-state index in [1.807, 2.05) is 19.2 Å². The van der Waals surface area contributed by atoms with Crippen molar-refractivity contribution in [3.8, 4) is 5.75 Å². The summed E-state index contributed by atoms with van der Waals surface area (Å²) in [5.74, 6) is 1.52. The van der Waals surface area contributed by atoms with Crippen LogP contribution in [0, 0.1) is 5.92 Å². The molecular weight excluding hydrogens is 186 g/mol. The number of nitrogens with one attached hydrogen (secondary N) is 1. The molecule has 0 spiro atoms. The van der Waals surface area contributed by atoms with Crippen LogP contribution in [0.2, 0.25) is 0 Å². The summed E-state index contributed by atoms with van der Waals surface area (Å²) >= 11 is 0. The number of hydrogen-bond donors (Lipinski definition) is 2. The van der Waals surface area contributed by atoms with Crippen LogP contribution in [0.5, 0.6) is 5.75 Å². The molecule has 1 aromatic carbocycles. The fourth-order valence-corrected chi connectivity index (χ4v) is 1.93. The molecule has 0 saturated carbocycles. The van der Waals surface area contributed by atoms with Crippen molar-refractivity contribution in [3.63, 3.8) is 0 Å². The first-order chi connectivity index (χ1) is 7.13. The summed E-state index contributed by atoms with van der Waals surface area (Å²) in [5, 5.41) is 12.7. The SMILES string of the molecule is CNCC(CC(C)C)c1cccc(O)c1. The maximum Gasteiger partial charge on any atom is 0.115 e. The molecule has 0 heterocycles. The van der Waals surface area contributed by atoms with Gasteiger partial charge in [-0.25, -0.2) is 0 Å². The van der Waals surface area contributed by atoms with Crippen molar-refractivity contribution < 1.29 is 5.11 Å². The number of phenolic OH excluding ortho intramolecular Hbond substituents is 1. The molecule has 1 unspecified atom stereocenters. The molecule has 2 N–H and O–H groups in total. The highest BCUT2D eigenvalue weighted by Gasteiger charge is 2.12. The third kappa shape index (κ3) is 3.92. The molecule has 0 aliphatic rings. The molecule has 1 rings (SSSR count). The Morgan fingerprint density at radius 3 is 2.60 bits per heavy atom. The minimum absolute atomic E-state index is 0.359. The van der Waals surface area contributed by atoms with Gasteiger partial charge in [0.05, 0.1) is 0 Å². The number of likely N-dealkylation sites (N-methyl/N-ethyl adjacent to an activating group) is 1. The molecule has 2 nitrogen and oxygen atoms in total. The van der Waals surface area contributed by atoms with E-state index in [-0.39, 0.29) is 0 Å². The van der Waals surface area contributed by atoms with Crippen molar-refractivity contribution in [1.82, 2.24) is 5.32 Å². The molecule has 84 valence electrons. The van der Waals surface area contributed by atoms with E-state index in [1.165, 1.54) is 5.56 Å². The quantitative estimate of drug-likeness (QED) is 0.778. The number of phenols is 1. The third-order valence-electron chi connectivity index (χ3n) is 2.55. The fourth-order valence-electron chi connectivity index (χ4n) is 1.93. The first kappa shape index (κ1) is 12.1. The average molecular weight is 207 g/mol. The van der Waals surface area contributed by atoms with Gasteiger partial charge in [0, 0.05) is 6.54 Å². The van der Waals surface area contributed by atoms with Crippen LogP contribution < -0.4 is 5.32 Å². The lowest BCUT2D eigenvalue weighted by Gasteiger charge is -2.19. The Balaban J connectivity index is 2.78. The predicted octanol–water partition coefficient (Wildman–Crippen LogP) is 2.74. The van der Waals surface area contributed by atoms with Gasteiger partial charge >= 0.3 is 0 Å². The molecule has 15 heavy (non-hydrogen) atoms. The van der Waals surface area contributed by atoms with Crippen LogP contribution in [0.25, 0.3) is 0 Å². The van der Waals surface area contributed by atoms with Gasteiger partial charge in [-0.3, -0.25) is 0 Å². The van der Waals surface area contributed by atoms with Crippen molar-refractivity contribution in [3.05, 3.63) is 29.8 Å². The molecular formula is C13H21NO. The van der Waals surface area contributed by atoms with E-state index in [0.717, 1.165) is 13.0 Å². The maximum atomic E-state index is 9.44. The second kappa shape index (κ2) is 5.76. The fraction of sp³-hybridized carbons (Fsp3) is 0.538. The summed E-state index contributed by atoms with van der Waals surface area (Å²) < 4.78 is 0. The van der Waals surface area contributed by atoms with Gasteiger partial charge in [-0.1, -0.05) is 26.0 Å². The van der Waals surface area contributed by atoms with Gasteiger partial charge in [-0.05, 0) is 43.0 Å². The van der Waals surface area contributed by atoms with Crippen LogP contribution in [0.3, 0.4) is 0 Å². The van der Waals surface area contributed by atoms with E-state index in [4.69, 9.17) is 0 Å². The van der Waals surface area contributed by atoms with E-state index in [9.17, 15) is 5.11 Å². The van der Waals surface area contributed by atoms with Crippen LogP contribution in [-0.4, -0.2) is 18.7 Å². The second-order valence-corrected chi connectivity index (χ2v) is 4.48. The summed E-state index contributed by atoms with van der Waals surface area (Å²) in [5.41, 5.74) is 1.22. The minimum Gasteiger partial charge on any atom is -0.508 e. The smallest absolute Gasteiger partial charge is 0.115 e. The Bertz CT molecular complexity index is 296. The standard InChI is InChI=1S/C13H21NO/c1-10(2)7-12(9-14-3)11-5-4-6-13(15)8-11/h4-6,8,10,12,14-15H,7,9H2,1-3H3. The van der Waals surface area contributed by atoms with Crippen LogP contribution in [-0.2, 0) is 0 Å². The van der Waals surface area contributed by atoms with Crippen molar-refractivity contribution in [2.45, 2.75) is 26.2 Å². The zero-order valence-electron chi connectivity index (χ0n) is 9.83. The van der Waals surface area contributed by atoms with E-state index in [1.54, 1.807) is 6.07 Å². The van der Waals surface area contributed by atoms with Gasteiger partial charge in [0.25, 0.3) is 0 Å². The van der Waals surface area contributed by atoms with Gasteiger partial charge in [0.15, 0.2) is 0 Å². The summed E-state index contributed by atoms with van der Waals surface area (Å²) in [4.78, 5) is 0. The molecule has 0 bridgehead atoms. The molecule has 0 aliphatic carbocycles. The predicted molar refractivity (Wildman–Crippen MR) is 64.2 cm³/mol. The molecule has 2 heteroatoms. The highest BCUT2D eigenvalue weighted by molar-refractivity contribution is 5.29. The van der Waals surface area contributed by atoms with Gasteiger partial charge in [0.1, 0.15) is 5.75 Å². The highest BCUT2D eigenvalue weighted by atomic mass is 16.3. The molecule has 0 fully saturated rings. The molecule has 0 aromatic heterocycles. The Labute approximate surface area is 92.3 Å². The van der Waals surface area contributed by atoms with Crippen molar-refractivity contribution in [2.75, 3.05) is 13.6 Å². The molecule has 0 radical (unpaired) electrons. The zero-order valence-corrected chi connectivity index (χ0v) is 9.83. The topological polar surface area (TPSA) is 32.3 Å². The lowest BCUT2D eigenvalue weighted by molar-refractivity contribution is 0.464. The first-order valence-electron chi connectivity index (χ1n) is 5.57. The van der Waals surface area contributed by atoms with Crippen LogP contribution >= 0.6 is 0 Å². The number of hydrogen-bond acceptors (Lipinski definition) is 2. The lowest BCUT2D eigenvalue weighted by Crippen LogP contribution is -2.18. The summed E-state index contributed by atoms with van der Waals surface area (Å²) in [6.45, 7) is 5.42. The summed E-state index contributed by atoms with van der Waals surface area (Å²) in [6, 6.07) is 7.58. The Morgan fingerprint density at radius 2 is 2.07 bits per heavy atom. The van der Waals surface area contributed by atoms with E-state index in [0.29, 0.717) is 17.6 Å². The maximum absolute atomic E-state index is 9.44. The van der Waals surface area contributed by atoms with Gasteiger partial charge in [-0.2, -0.15) is 0 Å². The number of rotatable bonds is 5. The molecule has 1 aromatic rings. The normalized spacial score (nSPS) is 13.1. The zero-order chi connectivity index (χ0) is 11.3. The van der Waals surface area contributed by atoms with Crippen molar-refractivity contribution in [2.24, 2.45) is 5.92 Å². The van der Waals surface area contributed by atoms with Gasteiger partial charge < -0.3 is 10.4 Å². The minimum atomic E-state index is 0.359. The van der Waals surface area contributed by atoms with Crippen LogP contribution in [0.4, 0.5) is 0 Å². The van der Waals surface area contributed by atoms with Crippen molar-refractivity contribution >= 4 is 0 Å². The van der Waals surface area contributed by atoms with Gasteiger partial charge in [0.2, 0.25) is 0 Å². The summed E-state index contributed by atoms with van der Waals surface area (Å²) in [7, 11) is 1.97. The highest BCUT2D eigenvalue weighted by Crippen LogP contribution is 2.25. The van der Waals surface area contributed by atoms with Gasteiger partial charge in [-0.15, -0.1) is 0 Å².